The summed E-state index contributed by atoms with van der Waals surface area (Å²) in [5, 5.41) is 8.81. The number of nitrogens with one attached hydrogen (secondary N) is 3. The van der Waals surface area contributed by atoms with E-state index in [2.05, 4.69) is 16.0 Å². The molecule has 3 amide bonds. The van der Waals surface area contributed by atoms with Gasteiger partial charge < -0.3 is 21.7 Å². The normalized spacial score (nSPS) is 16.6. The van der Waals surface area contributed by atoms with Crippen LogP contribution in [0.1, 0.15) is 71.1 Å². The zero-order valence-electron chi connectivity index (χ0n) is 14.5. The van der Waals surface area contributed by atoms with Crippen molar-refractivity contribution in [3.05, 3.63) is 0 Å². The van der Waals surface area contributed by atoms with Crippen LogP contribution >= 0.6 is 0 Å². The van der Waals surface area contributed by atoms with Gasteiger partial charge >= 0.3 is 6.03 Å². The first-order valence-corrected chi connectivity index (χ1v) is 9.14. The van der Waals surface area contributed by atoms with Crippen molar-refractivity contribution >= 4 is 11.9 Å². The first-order valence-electron chi connectivity index (χ1n) is 9.14. The maximum atomic E-state index is 11.7. The maximum Gasteiger partial charge on any atom is 0.315 e. The highest BCUT2D eigenvalue weighted by atomic mass is 16.2. The number of carbonyl (C=O) groups excluding carboxylic acids is 2. The van der Waals surface area contributed by atoms with Crippen LogP contribution in [0.4, 0.5) is 4.79 Å². The van der Waals surface area contributed by atoms with Crippen molar-refractivity contribution < 1.29 is 9.59 Å². The Morgan fingerprint density at radius 2 is 1.78 bits per heavy atom. The van der Waals surface area contributed by atoms with Gasteiger partial charge in [-0.15, -0.1) is 0 Å². The molecule has 6 nitrogen and oxygen atoms in total. The van der Waals surface area contributed by atoms with Crippen LogP contribution in [0.15, 0.2) is 0 Å². The summed E-state index contributed by atoms with van der Waals surface area (Å²) in [5.41, 5.74) is 5.63. The average Bonchev–Trinajstić information content (AvgIpc) is 2.51. The Morgan fingerprint density at radius 1 is 1.04 bits per heavy atom. The van der Waals surface area contributed by atoms with Crippen LogP contribution in [-0.2, 0) is 4.79 Å². The highest BCUT2D eigenvalue weighted by Crippen LogP contribution is 2.17. The lowest BCUT2D eigenvalue weighted by atomic mass is 9.96. The topological polar surface area (TPSA) is 96.2 Å². The van der Waals surface area contributed by atoms with Crippen LogP contribution < -0.4 is 21.7 Å². The Bertz CT molecular complexity index is 341. The van der Waals surface area contributed by atoms with Crippen LogP contribution in [0.3, 0.4) is 0 Å². The number of carbonyl (C=O) groups is 2. The quantitative estimate of drug-likeness (QED) is 0.463. The van der Waals surface area contributed by atoms with Gasteiger partial charge in [0.25, 0.3) is 0 Å². The molecule has 1 saturated carbocycles. The lowest BCUT2D eigenvalue weighted by Crippen LogP contribution is -2.43. The van der Waals surface area contributed by atoms with Gasteiger partial charge in [0.15, 0.2) is 0 Å². The fraction of sp³-hybridized carbons (Fsp3) is 0.882. The van der Waals surface area contributed by atoms with Crippen LogP contribution in [-0.4, -0.2) is 37.1 Å². The van der Waals surface area contributed by atoms with E-state index in [-0.39, 0.29) is 18.0 Å². The molecule has 0 bridgehead atoms. The number of amides is 3. The van der Waals surface area contributed by atoms with E-state index in [1.54, 1.807) is 0 Å². The van der Waals surface area contributed by atoms with Gasteiger partial charge in [-0.3, -0.25) is 4.79 Å². The molecule has 0 spiro atoms. The lowest BCUT2D eigenvalue weighted by molar-refractivity contribution is -0.121. The van der Waals surface area contributed by atoms with E-state index in [4.69, 9.17) is 5.73 Å². The third-order valence-electron chi connectivity index (χ3n) is 4.23. The molecule has 1 aliphatic rings. The number of hydrogen-bond donors (Lipinski definition) is 4. The average molecular weight is 326 g/mol. The molecule has 134 valence electrons. The summed E-state index contributed by atoms with van der Waals surface area (Å²) in [6.45, 7) is 3.26. The van der Waals surface area contributed by atoms with E-state index in [0.717, 1.165) is 38.5 Å². The van der Waals surface area contributed by atoms with Crippen LogP contribution in [0.25, 0.3) is 0 Å². The van der Waals surface area contributed by atoms with Gasteiger partial charge in [0, 0.05) is 31.6 Å². The Balaban J connectivity index is 1.90. The second kappa shape index (κ2) is 12.2. The summed E-state index contributed by atoms with van der Waals surface area (Å²) in [6, 6.07) is 0.426. The molecule has 6 heteroatoms. The molecule has 23 heavy (non-hydrogen) atoms. The fourth-order valence-corrected chi connectivity index (χ4v) is 2.80. The molecule has 1 fully saturated rings. The van der Waals surface area contributed by atoms with Crippen molar-refractivity contribution in [1.82, 2.24) is 16.0 Å². The molecule has 0 aromatic rings. The molecule has 1 rings (SSSR count). The second-order valence-electron chi connectivity index (χ2n) is 6.66. The molecule has 0 radical (unpaired) electrons. The molecule has 0 aromatic carbocycles. The number of hydrogen-bond acceptors (Lipinski definition) is 3. The van der Waals surface area contributed by atoms with E-state index in [1.807, 2.05) is 6.92 Å². The minimum atomic E-state index is -0.0504. The van der Waals surface area contributed by atoms with Crippen molar-refractivity contribution in [3.8, 4) is 0 Å². The molecule has 0 saturated heterocycles. The molecular weight excluding hydrogens is 292 g/mol. The highest BCUT2D eigenvalue weighted by molar-refractivity contribution is 5.75. The van der Waals surface area contributed by atoms with Crippen LogP contribution in [0, 0.1) is 0 Å². The number of unbranched alkanes of at least 4 members (excludes halogenated alkanes) is 2. The Kier molecular flexibility index (Phi) is 10.4. The molecule has 1 atom stereocenters. The number of nitrogens with two attached hydrogens (primary N) is 1. The van der Waals surface area contributed by atoms with Gasteiger partial charge in [-0.25, -0.2) is 4.79 Å². The summed E-state index contributed by atoms with van der Waals surface area (Å²) in [4.78, 5) is 23.3. The van der Waals surface area contributed by atoms with Gasteiger partial charge in [-0.2, -0.15) is 0 Å². The maximum absolute atomic E-state index is 11.7. The highest BCUT2D eigenvalue weighted by Gasteiger charge is 2.14. The first kappa shape index (κ1) is 19.7. The molecule has 1 aliphatic carbocycles. The van der Waals surface area contributed by atoms with E-state index in [9.17, 15) is 9.59 Å². The minimum absolute atomic E-state index is 0.0504. The lowest BCUT2D eigenvalue weighted by Gasteiger charge is -2.22. The second-order valence-corrected chi connectivity index (χ2v) is 6.66. The summed E-state index contributed by atoms with van der Waals surface area (Å²) in [5.74, 6) is 0.0913. The third kappa shape index (κ3) is 11.0. The van der Waals surface area contributed by atoms with Gasteiger partial charge in [0.05, 0.1) is 0 Å². The standard InChI is InChI=1S/C17H34N4O2/c1-14(18)11-13-19-16(22)10-6-3-7-12-20-17(23)21-15-8-4-2-5-9-15/h14-15H,2-13,18H2,1H3,(H,19,22)(H2,20,21,23). The van der Waals surface area contributed by atoms with Crippen molar-refractivity contribution in [1.29, 1.82) is 0 Å². The zero-order valence-corrected chi connectivity index (χ0v) is 14.5. The number of rotatable bonds is 10. The summed E-state index contributed by atoms with van der Waals surface area (Å²) in [6.07, 6.45) is 10.0. The molecule has 0 aromatic heterocycles. The van der Waals surface area contributed by atoms with Crippen LogP contribution in [0.2, 0.25) is 0 Å². The molecular formula is C17H34N4O2. The van der Waals surface area contributed by atoms with Crippen molar-refractivity contribution in [2.45, 2.75) is 83.2 Å². The molecule has 0 heterocycles. The van der Waals surface area contributed by atoms with Crippen molar-refractivity contribution in [3.63, 3.8) is 0 Å². The Labute approximate surface area is 140 Å². The Hall–Kier alpha value is -1.30. The van der Waals surface area contributed by atoms with E-state index >= 15 is 0 Å². The largest absolute Gasteiger partial charge is 0.356 e. The van der Waals surface area contributed by atoms with Crippen molar-refractivity contribution in [2.24, 2.45) is 5.73 Å². The monoisotopic (exact) mass is 326 g/mol. The summed E-state index contributed by atoms with van der Waals surface area (Å²) >= 11 is 0. The van der Waals surface area contributed by atoms with Gasteiger partial charge in [-0.05, 0) is 39.0 Å². The molecule has 0 aliphatic heterocycles. The van der Waals surface area contributed by atoms with Crippen molar-refractivity contribution in [2.75, 3.05) is 13.1 Å². The van der Waals surface area contributed by atoms with E-state index in [0.29, 0.717) is 25.6 Å². The predicted molar refractivity (Wildman–Crippen MR) is 93.2 cm³/mol. The smallest absolute Gasteiger partial charge is 0.315 e. The zero-order chi connectivity index (χ0) is 16.9. The predicted octanol–water partition coefficient (Wildman–Crippen LogP) is 2.03. The van der Waals surface area contributed by atoms with Gasteiger partial charge in [0.2, 0.25) is 5.91 Å². The minimum Gasteiger partial charge on any atom is -0.356 e. The fourth-order valence-electron chi connectivity index (χ4n) is 2.80. The first-order chi connectivity index (χ1) is 11.1. The summed E-state index contributed by atoms with van der Waals surface area (Å²) < 4.78 is 0. The SMILES string of the molecule is CC(N)CCNC(=O)CCCCCNC(=O)NC1CCCCC1. The number of urea groups is 1. The molecule has 5 N–H and O–H groups in total. The van der Waals surface area contributed by atoms with E-state index < -0.39 is 0 Å². The molecule has 1 unspecified atom stereocenters. The van der Waals surface area contributed by atoms with Gasteiger partial charge in [0.1, 0.15) is 0 Å². The summed E-state index contributed by atoms with van der Waals surface area (Å²) in [7, 11) is 0. The Morgan fingerprint density at radius 3 is 2.48 bits per heavy atom. The van der Waals surface area contributed by atoms with E-state index in [1.165, 1.54) is 19.3 Å². The van der Waals surface area contributed by atoms with Crippen LogP contribution in [0.5, 0.6) is 0 Å². The van der Waals surface area contributed by atoms with Gasteiger partial charge in [-0.1, -0.05) is 25.7 Å². The third-order valence-corrected chi connectivity index (χ3v) is 4.23.